The van der Waals surface area contributed by atoms with Crippen molar-refractivity contribution >= 4 is 56.7 Å². The maximum Gasteiger partial charge on any atom is 1.00 e. The zero-order chi connectivity index (χ0) is 23.7. The molecule has 0 radical (unpaired) electrons. The zero-order valence-corrected chi connectivity index (χ0v) is 22.1. The van der Waals surface area contributed by atoms with Crippen molar-refractivity contribution in [3.63, 3.8) is 0 Å². The summed E-state index contributed by atoms with van der Waals surface area (Å²) in [5, 5.41) is 10.6. The largest absolute Gasteiger partial charge is 1.00 e. The molecule has 0 atom stereocenters. The molecule has 0 spiro atoms. The number of benzene rings is 2. The summed E-state index contributed by atoms with van der Waals surface area (Å²) < 4.78 is 4.34. The molecule has 0 amide bonds. The number of nitrogens with one attached hydrogen (secondary N) is 2. The lowest BCUT2D eigenvalue weighted by Crippen LogP contribution is -3.00. The minimum atomic E-state index is 0. The van der Waals surface area contributed by atoms with Crippen molar-refractivity contribution in [1.29, 1.82) is 0 Å². The molecular formula is C26H29Cl3N6. The van der Waals surface area contributed by atoms with E-state index in [1.165, 1.54) is 21.9 Å². The summed E-state index contributed by atoms with van der Waals surface area (Å²) >= 11 is 12.6. The normalized spacial score (nSPS) is 14.6. The molecule has 2 N–H and O–H groups in total. The second-order valence-electron chi connectivity index (χ2n) is 8.66. The highest BCUT2D eigenvalue weighted by Crippen LogP contribution is 2.28. The van der Waals surface area contributed by atoms with E-state index in [0.29, 0.717) is 0 Å². The molecule has 0 saturated carbocycles. The number of aryl methyl sites for hydroxylation is 2. The van der Waals surface area contributed by atoms with Gasteiger partial charge in [0.1, 0.15) is 11.7 Å². The Bertz CT molecular complexity index is 1310. The van der Waals surface area contributed by atoms with E-state index in [4.69, 9.17) is 23.2 Å². The first-order chi connectivity index (χ1) is 16.5. The SMILES string of the molecule is Cc1cn(CC2=NCCN2)c2c(Cl)cccc12.Cc1cn(CC2=NCCN2)c2c(Cl)cccc12.[Cl-].[H+]. The summed E-state index contributed by atoms with van der Waals surface area (Å²) in [5.41, 5.74) is 4.70. The maximum atomic E-state index is 6.28. The van der Waals surface area contributed by atoms with E-state index >= 15 is 0 Å². The highest BCUT2D eigenvalue weighted by molar-refractivity contribution is 6.35. The molecule has 0 unspecified atom stereocenters. The summed E-state index contributed by atoms with van der Waals surface area (Å²) in [6.45, 7) is 9.41. The van der Waals surface area contributed by atoms with Crippen LogP contribution in [0.1, 0.15) is 12.6 Å². The second-order valence-corrected chi connectivity index (χ2v) is 9.48. The van der Waals surface area contributed by atoms with Gasteiger partial charge >= 0.3 is 1.43 Å². The Morgan fingerprint density at radius 1 is 0.771 bits per heavy atom. The van der Waals surface area contributed by atoms with Gasteiger partial charge in [-0.15, -0.1) is 0 Å². The molecule has 6 nitrogen and oxygen atoms in total. The molecule has 0 aliphatic carbocycles. The number of aromatic nitrogens is 2. The number of fused-ring (bicyclic) bond motifs is 2. The van der Waals surface area contributed by atoms with Crippen LogP contribution in [0.2, 0.25) is 10.0 Å². The third kappa shape index (κ3) is 5.30. The zero-order valence-electron chi connectivity index (χ0n) is 20.8. The summed E-state index contributed by atoms with van der Waals surface area (Å²) in [6, 6.07) is 12.1. The Balaban J connectivity index is 0.000000190. The Hall–Kier alpha value is -2.67. The Morgan fingerprint density at radius 3 is 1.57 bits per heavy atom. The lowest BCUT2D eigenvalue weighted by molar-refractivity contribution is -0.00000690. The van der Waals surface area contributed by atoms with Crippen molar-refractivity contribution in [3.05, 3.63) is 70.0 Å². The van der Waals surface area contributed by atoms with Crippen molar-refractivity contribution in [1.82, 2.24) is 19.8 Å². The highest BCUT2D eigenvalue weighted by atomic mass is 35.5. The van der Waals surface area contributed by atoms with Crippen molar-refractivity contribution in [3.8, 4) is 0 Å². The van der Waals surface area contributed by atoms with Crippen molar-refractivity contribution in [2.24, 2.45) is 9.98 Å². The fourth-order valence-electron chi connectivity index (χ4n) is 4.66. The van der Waals surface area contributed by atoms with Crippen molar-refractivity contribution in [2.75, 3.05) is 26.2 Å². The van der Waals surface area contributed by atoms with E-state index in [-0.39, 0.29) is 13.8 Å². The summed E-state index contributed by atoms with van der Waals surface area (Å²) in [7, 11) is 0. The standard InChI is InChI=1S/2C13H14ClN3.ClH/c2*1-9-7-17(8-12-15-5-6-16-12)13-10(9)3-2-4-11(13)14;/h2*2-4,7H,5-6,8H2,1H3,(H,15,16);1H. The van der Waals surface area contributed by atoms with Crippen LogP contribution in [0, 0.1) is 13.8 Å². The summed E-state index contributed by atoms with van der Waals surface area (Å²) in [5.74, 6) is 2.09. The van der Waals surface area contributed by atoms with Gasteiger partial charge in [-0.05, 0) is 37.1 Å². The van der Waals surface area contributed by atoms with Gasteiger partial charge in [-0.25, -0.2) is 0 Å². The molecular weight excluding hydrogens is 503 g/mol. The lowest BCUT2D eigenvalue weighted by atomic mass is 10.2. The van der Waals surface area contributed by atoms with E-state index in [1.807, 2.05) is 24.3 Å². The minimum absolute atomic E-state index is 0. The molecule has 0 bridgehead atoms. The van der Waals surface area contributed by atoms with Crippen LogP contribution in [0.15, 0.2) is 58.8 Å². The molecule has 4 heterocycles. The van der Waals surface area contributed by atoms with E-state index < -0.39 is 0 Å². The lowest BCUT2D eigenvalue weighted by Gasteiger charge is -2.07. The van der Waals surface area contributed by atoms with E-state index in [9.17, 15) is 0 Å². The van der Waals surface area contributed by atoms with Crippen LogP contribution in [0.25, 0.3) is 21.8 Å². The Kier molecular flexibility index (Phi) is 7.95. The van der Waals surface area contributed by atoms with Gasteiger partial charge in [-0.3, -0.25) is 9.98 Å². The van der Waals surface area contributed by atoms with E-state index in [1.54, 1.807) is 0 Å². The first-order valence-electron chi connectivity index (χ1n) is 11.5. The fourth-order valence-corrected chi connectivity index (χ4v) is 5.23. The predicted octanol–water partition coefficient (Wildman–Crippen LogP) is 2.33. The fraction of sp³-hybridized carbons (Fsp3) is 0.308. The molecule has 0 saturated heterocycles. The highest BCUT2D eigenvalue weighted by Gasteiger charge is 2.13. The van der Waals surface area contributed by atoms with E-state index in [2.05, 4.69) is 68.1 Å². The van der Waals surface area contributed by atoms with Crippen LogP contribution in [0.4, 0.5) is 0 Å². The maximum absolute atomic E-state index is 6.28. The van der Waals surface area contributed by atoms with Gasteiger partial charge in [0.15, 0.2) is 0 Å². The van der Waals surface area contributed by atoms with Crippen LogP contribution < -0.4 is 23.0 Å². The quantitative estimate of drug-likeness (QED) is 0.425. The van der Waals surface area contributed by atoms with Crippen LogP contribution in [0.5, 0.6) is 0 Å². The smallest absolute Gasteiger partial charge is 1.00 e. The van der Waals surface area contributed by atoms with Crippen LogP contribution >= 0.6 is 23.2 Å². The van der Waals surface area contributed by atoms with E-state index in [0.717, 1.165) is 72.0 Å². The molecule has 2 aliphatic heterocycles. The van der Waals surface area contributed by atoms with Crippen molar-refractivity contribution in [2.45, 2.75) is 26.9 Å². The molecule has 35 heavy (non-hydrogen) atoms. The minimum Gasteiger partial charge on any atom is -1.00 e. The number of nitrogens with zero attached hydrogens (tertiary/aromatic N) is 4. The molecule has 4 aromatic rings. The molecule has 2 aromatic carbocycles. The Labute approximate surface area is 222 Å². The summed E-state index contributed by atoms with van der Waals surface area (Å²) in [6.07, 6.45) is 4.28. The number of halogens is 3. The van der Waals surface area contributed by atoms with Gasteiger partial charge in [0.05, 0.1) is 47.3 Å². The molecule has 6 rings (SSSR count). The first kappa shape index (κ1) is 25.4. The van der Waals surface area contributed by atoms with Crippen LogP contribution in [-0.4, -0.2) is 47.0 Å². The monoisotopic (exact) mass is 530 g/mol. The number of para-hydroxylation sites is 2. The topological polar surface area (TPSA) is 58.6 Å². The van der Waals surface area contributed by atoms with Gasteiger partial charge in [0.2, 0.25) is 0 Å². The third-order valence-corrected chi connectivity index (χ3v) is 6.83. The van der Waals surface area contributed by atoms with Gasteiger partial charge in [-0.1, -0.05) is 47.5 Å². The number of hydrogen-bond donors (Lipinski definition) is 2. The van der Waals surface area contributed by atoms with Gasteiger partial charge in [0, 0.05) is 36.3 Å². The molecule has 2 aromatic heterocycles. The van der Waals surface area contributed by atoms with Crippen LogP contribution in [0.3, 0.4) is 0 Å². The van der Waals surface area contributed by atoms with Gasteiger partial charge in [-0.2, -0.15) is 0 Å². The number of hydrogen-bond acceptors (Lipinski definition) is 4. The van der Waals surface area contributed by atoms with Crippen molar-refractivity contribution < 1.29 is 13.8 Å². The Morgan fingerprint density at radius 2 is 1.20 bits per heavy atom. The predicted molar refractivity (Wildman–Crippen MR) is 145 cm³/mol. The third-order valence-electron chi connectivity index (χ3n) is 6.22. The molecule has 184 valence electrons. The molecule has 9 heteroatoms. The first-order valence-corrected chi connectivity index (χ1v) is 12.3. The number of rotatable bonds is 4. The number of aliphatic imine (C=N–C) groups is 2. The molecule has 2 aliphatic rings. The van der Waals surface area contributed by atoms with Gasteiger partial charge < -0.3 is 32.2 Å². The summed E-state index contributed by atoms with van der Waals surface area (Å²) in [4.78, 5) is 8.84. The average Bonchev–Trinajstić information content (AvgIpc) is 3.61. The van der Waals surface area contributed by atoms with Crippen LogP contribution in [-0.2, 0) is 13.1 Å². The van der Waals surface area contributed by atoms with Gasteiger partial charge in [0.25, 0.3) is 0 Å². The molecule has 0 fully saturated rings. The number of amidine groups is 2. The average molecular weight is 532 g/mol. The second kappa shape index (κ2) is 10.9.